The van der Waals surface area contributed by atoms with E-state index in [-0.39, 0.29) is 35.9 Å². The second kappa shape index (κ2) is 10.4. The van der Waals surface area contributed by atoms with Crippen molar-refractivity contribution in [1.82, 2.24) is 23.6 Å². The second-order valence-corrected chi connectivity index (χ2v) is 11.2. The molecule has 11 nitrogen and oxygen atoms in total. The predicted octanol–water partition coefficient (Wildman–Crippen LogP) is 1.84. The monoisotopic (exact) mass is 623 g/mol. The molecule has 0 bridgehead atoms. The summed E-state index contributed by atoms with van der Waals surface area (Å²) in [7, 11) is 2.95. The van der Waals surface area contributed by atoms with Crippen molar-refractivity contribution in [1.29, 1.82) is 0 Å². The van der Waals surface area contributed by atoms with Crippen molar-refractivity contribution in [3.05, 3.63) is 85.2 Å². The molecule has 0 spiro atoms. The molecule has 1 atom stereocenters. The van der Waals surface area contributed by atoms with Crippen molar-refractivity contribution in [2.24, 2.45) is 14.1 Å². The molecular weight excluding hydrogens is 597 g/mol. The number of aryl methyl sites for hydroxylation is 1. The summed E-state index contributed by atoms with van der Waals surface area (Å²) in [6, 6.07) is 12.8. The maximum atomic E-state index is 14.7. The fourth-order valence-electron chi connectivity index (χ4n) is 5.62. The molecule has 212 valence electrons. The van der Waals surface area contributed by atoms with Crippen LogP contribution in [0.4, 0.5) is 16.0 Å². The number of piperazine rings is 1. The van der Waals surface area contributed by atoms with Crippen LogP contribution in [0, 0.1) is 5.82 Å². The predicted molar refractivity (Wildman–Crippen MR) is 155 cm³/mol. The summed E-state index contributed by atoms with van der Waals surface area (Å²) in [5, 5.41) is 0. The van der Waals surface area contributed by atoms with E-state index in [1.807, 2.05) is 9.80 Å². The van der Waals surface area contributed by atoms with Crippen LogP contribution in [0.5, 0.6) is 0 Å². The Hall–Kier alpha value is -4.10. The van der Waals surface area contributed by atoms with E-state index >= 15 is 0 Å². The highest BCUT2D eigenvalue weighted by molar-refractivity contribution is 9.10. The van der Waals surface area contributed by atoms with Crippen LogP contribution in [-0.4, -0.2) is 67.6 Å². The third kappa shape index (κ3) is 4.58. The quantitative estimate of drug-likeness (QED) is 0.312. The molecule has 4 aromatic rings. The Kier molecular flexibility index (Phi) is 6.86. The van der Waals surface area contributed by atoms with Gasteiger partial charge in [0.2, 0.25) is 11.9 Å². The zero-order valence-electron chi connectivity index (χ0n) is 22.5. The molecule has 2 fully saturated rings. The number of carbonyl (C=O) groups is 2. The SMILES string of the molecule is Cn1c(=O)c2c(nc(N3CCN(C4CC(=O)N(c5ccc(Br)cc5)C4=O)CC3)n2Cc2ccccc2F)n(C)c1=O. The van der Waals surface area contributed by atoms with E-state index in [0.717, 1.165) is 9.04 Å². The number of aromatic nitrogens is 4. The number of imidazole rings is 1. The third-order valence-corrected chi connectivity index (χ3v) is 8.39. The highest BCUT2D eigenvalue weighted by Crippen LogP contribution is 2.29. The first-order chi connectivity index (χ1) is 19.7. The Morgan fingerprint density at radius 1 is 0.927 bits per heavy atom. The maximum Gasteiger partial charge on any atom is 0.332 e. The summed E-state index contributed by atoms with van der Waals surface area (Å²) in [6.45, 7) is 1.88. The molecule has 2 aromatic heterocycles. The van der Waals surface area contributed by atoms with E-state index in [1.54, 1.807) is 54.1 Å². The molecule has 2 aliphatic rings. The molecule has 2 aliphatic heterocycles. The minimum atomic E-state index is -0.571. The molecule has 4 heterocycles. The van der Waals surface area contributed by atoms with Crippen LogP contribution >= 0.6 is 15.9 Å². The number of hydrogen-bond acceptors (Lipinski definition) is 7. The first-order valence-electron chi connectivity index (χ1n) is 13.2. The zero-order valence-corrected chi connectivity index (χ0v) is 24.0. The van der Waals surface area contributed by atoms with Crippen molar-refractivity contribution < 1.29 is 14.0 Å². The minimum Gasteiger partial charge on any atom is -0.340 e. The van der Waals surface area contributed by atoms with Crippen LogP contribution in [-0.2, 0) is 30.2 Å². The second-order valence-electron chi connectivity index (χ2n) is 10.3. The summed E-state index contributed by atoms with van der Waals surface area (Å²) >= 11 is 3.37. The zero-order chi connectivity index (χ0) is 29.0. The van der Waals surface area contributed by atoms with Crippen LogP contribution in [0.1, 0.15) is 12.0 Å². The van der Waals surface area contributed by atoms with Gasteiger partial charge in [-0.15, -0.1) is 0 Å². The molecule has 2 aromatic carbocycles. The molecule has 41 heavy (non-hydrogen) atoms. The summed E-state index contributed by atoms with van der Waals surface area (Å²) < 4.78 is 19.5. The van der Waals surface area contributed by atoms with E-state index in [0.29, 0.717) is 43.4 Å². The minimum absolute atomic E-state index is 0.0456. The van der Waals surface area contributed by atoms with Crippen LogP contribution in [0.25, 0.3) is 11.2 Å². The van der Waals surface area contributed by atoms with E-state index in [9.17, 15) is 23.6 Å². The standard InChI is InChI=1S/C28H27BrFN7O4/c1-32-24-23(26(40)33(2)28(32)41)36(16-17-5-3-4-6-20(17)30)27(31-24)35-13-11-34(12-14-35)21-15-22(38)37(25(21)39)19-9-7-18(29)8-10-19/h3-10,21H,11-16H2,1-2H3. The summed E-state index contributed by atoms with van der Waals surface area (Å²) in [5.74, 6) is -0.470. The number of halogens is 2. The Balaban J connectivity index is 1.30. The molecule has 0 aliphatic carbocycles. The number of benzene rings is 2. The van der Waals surface area contributed by atoms with Crippen molar-refractivity contribution in [2.45, 2.75) is 19.0 Å². The molecule has 2 saturated heterocycles. The lowest BCUT2D eigenvalue weighted by Gasteiger charge is -2.37. The third-order valence-electron chi connectivity index (χ3n) is 7.86. The lowest BCUT2D eigenvalue weighted by atomic mass is 10.1. The number of nitrogens with zero attached hydrogens (tertiary/aromatic N) is 7. The fraction of sp³-hybridized carbons (Fsp3) is 0.321. The summed E-state index contributed by atoms with van der Waals surface area (Å²) in [5.41, 5.74) is 0.323. The molecule has 13 heteroatoms. The molecule has 1 unspecified atom stereocenters. The highest BCUT2D eigenvalue weighted by Gasteiger charge is 2.43. The van der Waals surface area contributed by atoms with Crippen molar-refractivity contribution in [3.8, 4) is 0 Å². The Labute approximate surface area is 242 Å². The molecule has 6 rings (SSSR count). The van der Waals surface area contributed by atoms with Gasteiger partial charge in [-0.2, -0.15) is 4.98 Å². The average Bonchev–Trinajstić information content (AvgIpc) is 3.49. The first-order valence-corrected chi connectivity index (χ1v) is 14.0. The number of hydrogen-bond donors (Lipinski definition) is 0. The summed E-state index contributed by atoms with van der Waals surface area (Å²) in [6.07, 6.45) is 0.0961. The molecule has 0 saturated carbocycles. The number of imide groups is 1. The Bertz CT molecular complexity index is 1810. The molecule has 0 N–H and O–H groups in total. The van der Waals surface area contributed by atoms with Gasteiger partial charge in [-0.05, 0) is 30.3 Å². The van der Waals surface area contributed by atoms with Gasteiger partial charge < -0.3 is 4.90 Å². The van der Waals surface area contributed by atoms with E-state index in [2.05, 4.69) is 15.9 Å². The van der Waals surface area contributed by atoms with Crippen molar-refractivity contribution >= 4 is 50.5 Å². The van der Waals surface area contributed by atoms with Gasteiger partial charge in [0.15, 0.2) is 11.2 Å². The first kappa shape index (κ1) is 27.1. The van der Waals surface area contributed by atoms with Gasteiger partial charge in [-0.1, -0.05) is 34.1 Å². The van der Waals surface area contributed by atoms with Crippen molar-refractivity contribution in [2.75, 3.05) is 36.0 Å². The number of amides is 2. The van der Waals surface area contributed by atoms with Gasteiger partial charge in [-0.25, -0.2) is 14.1 Å². The van der Waals surface area contributed by atoms with Gasteiger partial charge in [0, 0.05) is 50.3 Å². The van der Waals surface area contributed by atoms with Gasteiger partial charge in [-0.3, -0.25) is 33.0 Å². The highest BCUT2D eigenvalue weighted by atomic mass is 79.9. The van der Waals surface area contributed by atoms with Gasteiger partial charge in [0.25, 0.3) is 11.5 Å². The number of fused-ring (bicyclic) bond motifs is 1. The molecular formula is C28H27BrFN7O4. The molecule has 2 amide bonds. The lowest BCUT2D eigenvalue weighted by molar-refractivity contribution is -0.123. The van der Waals surface area contributed by atoms with E-state index in [1.165, 1.54) is 22.6 Å². The van der Waals surface area contributed by atoms with E-state index < -0.39 is 23.1 Å². The van der Waals surface area contributed by atoms with Gasteiger partial charge in [0.05, 0.1) is 24.7 Å². The number of anilines is 2. The van der Waals surface area contributed by atoms with Gasteiger partial charge in [0.1, 0.15) is 5.82 Å². The van der Waals surface area contributed by atoms with Crippen LogP contribution in [0.15, 0.2) is 62.6 Å². The Morgan fingerprint density at radius 3 is 2.29 bits per heavy atom. The smallest absolute Gasteiger partial charge is 0.332 e. The largest absolute Gasteiger partial charge is 0.340 e. The van der Waals surface area contributed by atoms with Crippen LogP contribution < -0.4 is 21.0 Å². The lowest BCUT2D eigenvalue weighted by Crippen LogP contribution is -2.53. The van der Waals surface area contributed by atoms with Crippen molar-refractivity contribution in [3.63, 3.8) is 0 Å². The Morgan fingerprint density at radius 2 is 1.61 bits per heavy atom. The van der Waals surface area contributed by atoms with Crippen LogP contribution in [0.2, 0.25) is 0 Å². The topological polar surface area (TPSA) is 106 Å². The normalized spacial score (nSPS) is 18.2. The average molecular weight is 624 g/mol. The fourth-order valence-corrected chi connectivity index (χ4v) is 5.88. The van der Waals surface area contributed by atoms with Crippen LogP contribution in [0.3, 0.4) is 0 Å². The van der Waals surface area contributed by atoms with E-state index in [4.69, 9.17) is 4.98 Å². The summed E-state index contributed by atoms with van der Waals surface area (Å²) in [4.78, 5) is 61.9. The van der Waals surface area contributed by atoms with Gasteiger partial charge >= 0.3 is 5.69 Å². The maximum absolute atomic E-state index is 14.7. The number of carbonyl (C=O) groups excluding carboxylic acids is 2. The number of rotatable bonds is 5. The molecule has 0 radical (unpaired) electrons.